The van der Waals surface area contributed by atoms with Crippen molar-refractivity contribution in [1.29, 1.82) is 0 Å². The summed E-state index contributed by atoms with van der Waals surface area (Å²) in [5, 5.41) is 3.97. The molecule has 0 atom stereocenters. The number of aromatic nitrogens is 2. The SMILES string of the molecule is COc1cccc(-c2noc(CN(C)C(=O)COc3cccc(C)c3)n2)c1. The van der Waals surface area contributed by atoms with Gasteiger partial charge < -0.3 is 18.9 Å². The molecule has 3 rings (SSSR count). The molecule has 0 aliphatic carbocycles. The van der Waals surface area contributed by atoms with Gasteiger partial charge in [0.2, 0.25) is 11.7 Å². The van der Waals surface area contributed by atoms with E-state index in [9.17, 15) is 4.79 Å². The number of methoxy groups -OCH3 is 1. The molecule has 0 saturated heterocycles. The second-order valence-electron chi connectivity index (χ2n) is 6.10. The van der Waals surface area contributed by atoms with Gasteiger partial charge in [-0.25, -0.2) is 0 Å². The van der Waals surface area contributed by atoms with Crippen LogP contribution in [0.1, 0.15) is 11.5 Å². The Morgan fingerprint density at radius 3 is 2.70 bits per heavy atom. The van der Waals surface area contributed by atoms with Crippen LogP contribution in [0.25, 0.3) is 11.4 Å². The summed E-state index contributed by atoms with van der Waals surface area (Å²) in [7, 11) is 3.26. The number of ether oxygens (including phenoxy) is 2. The average molecular weight is 367 g/mol. The molecule has 0 saturated carbocycles. The molecule has 7 nitrogen and oxygen atoms in total. The maximum absolute atomic E-state index is 12.3. The molecular formula is C20H21N3O4. The maximum atomic E-state index is 12.3. The smallest absolute Gasteiger partial charge is 0.260 e. The molecule has 7 heteroatoms. The first kappa shape index (κ1) is 18.4. The molecule has 0 unspecified atom stereocenters. The van der Waals surface area contributed by atoms with E-state index in [1.165, 1.54) is 4.90 Å². The van der Waals surface area contributed by atoms with E-state index in [-0.39, 0.29) is 19.1 Å². The number of amides is 1. The van der Waals surface area contributed by atoms with Crippen molar-refractivity contribution in [1.82, 2.24) is 15.0 Å². The van der Waals surface area contributed by atoms with Crippen LogP contribution >= 0.6 is 0 Å². The summed E-state index contributed by atoms with van der Waals surface area (Å²) in [6, 6.07) is 14.9. The third kappa shape index (κ3) is 4.84. The summed E-state index contributed by atoms with van der Waals surface area (Å²) in [5.41, 5.74) is 1.85. The van der Waals surface area contributed by atoms with E-state index in [1.807, 2.05) is 55.5 Å². The Morgan fingerprint density at radius 2 is 1.93 bits per heavy atom. The minimum atomic E-state index is -0.183. The van der Waals surface area contributed by atoms with E-state index in [4.69, 9.17) is 14.0 Å². The minimum Gasteiger partial charge on any atom is -0.497 e. The van der Waals surface area contributed by atoms with Crippen LogP contribution in [0.5, 0.6) is 11.5 Å². The van der Waals surface area contributed by atoms with E-state index in [1.54, 1.807) is 14.2 Å². The summed E-state index contributed by atoms with van der Waals surface area (Å²) in [4.78, 5) is 18.1. The third-order valence-corrected chi connectivity index (χ3v) is 3.95. The van der Waals surface area contributed by atoms with Gasteiger partial charge in [-0.1, -0.05) is 29.4 Å². The highest BCUT2D eigenvalue weighted by Gasteiger charge is 2.15. The number of carbonyl (C=O) groups is 1. The van der Waals surface area contributed by atoms with Crippen LogP contribution in [0, 0.1) is 6.92 Å². The monoisotopic (exact) mass is 367 g/mol. The van der Waals surface area contributed by atoms with Crippen molar-refractivity contribution in [3.05, 3.63) is 60.0 Å². The Kier molecular flexibility index (Phi) is 5.71. The van der Waals surface area contributed by atoms with Crippen LogP contribution in [0.4, 0.5) is 0 Å². The first-order chi connectivity index (χ1) is 13.0. The van der Waals surface area contributed by atoms with Gasteiger partial charge in [-0.15, -0.1) is 0 Å². The molecule has 1 amide bonds. The molecular weight excluding hydrogens is 346 g/mol. The third-order valence-electron chi connectivity index (χ3n) is 3.95. The summed E-state index contributed by atoms with van der Waals surface area (Å²) >= 11 is 0. The molecule has 0 aliphatic rings. The number of hydrogen-bond donors (Lipinski definition) is 0. The topological polar surface area (TPSA) is 77.7 Å². The second kappa shape index (κ2) is 8.35. The predicted molar refractivity (Wildman–Crippen MR) is 99.4 cm³/mol. The zero-order valence-electron chi connectivity index (χ0n) is 15.5. The number of benzene rings is 2. The van der Waals surface area contributed by atoms with Crippen LogP contribution in [0.15, 0.2) is 53.1 Å². The fourth-order valence-electron chi connectivity index (χ4n) is 2.45. The van der Waals surface area contributed by atoms with E-state index < -0.39 is 0 Å². The Morgan fingerprint density at radius 1 is 1.15 bits per heavy atom. The predicted octanol–water partition coefficient (Wildman–Crippen LogP) is 3.09. The van der Waals surface area contributed by atoms with Crippen molar-refractivity contribution in [3.63, 3.8) is 0 Å². The Hall–Kier alpha value is -3.35. The van der Waals surface area contributed by atoms with Crippen molar-refractivity contribution in [2.75, 3.05) is 20.8 Å². The van der Waals surface area contributed by atoms with Crippen molar-refractivity contribution < 1.29 is 18.8 Å². The summed E-state index contributed by atoms with van der Waals surface area (Å²) in [6.07, 6.45) is 0. The van der Waals surface area contributed by atoms with Gasteiger partial charge in [-0.2, -0.15) is 4.98 Å². The quantitative estimate of drug-likeness (QED) is 0.639. The number of likely N-dealkylation sites (N-methyl/N-ethyl adjacent to an activating group) is 1. The van der Waals surface area contributed by atoms with E-state index >= 15 is 0 Å². The molecule has 0 bridgehead atoms. The van der Waals surface area contributed by atoms with E-state index in [0.29, 0.717) is 23.2 Å². The standard InChI is InChI=1S/C20H21N3O4/c1-14-6-4-9-17(10-14)26-13-19(24)23(2)12-18-21-20(22-27-18)15-7-5-8-16(11-15)25-3/h4-11H,12-13H2,1-3H3. The van der Waals surface area contributed by atoms with Crippen LogP contribution in [0.2, 0.25) is 0 Å². The molecule has 0 radical (unpaired) electrons. The number of hydrogen-bond acceptors (Lipinski definition) is 6. The first-order valence-electron chi connectivity index (χ1n) is 8.45. The van der Waals surface area contributed by atoms with Crippen molar-refractivity contribution in [2.24, 2.45) is 0 Å². The van der Waals surface area contributed by atoms with Crippen molar-refractivity contribution in [3.8, 4) is 22.9 Å². The Balaban J connectivity index is 1.58. The summed E-state index contributed by atoms with van der Waals surface area (Å²) in [5.74, 6) is 1.98. The Bertz CT molecular complexity index is 923. The lowest BCUT2D eigenvalue weighted by Gasteiger charge is -2.15. The lowest BCUT2D eigenvalue weighted by atomic mass is 10.2. The first-order valence-corrected chi connectivity index (χ1v) is 8.45. The molecule has 27 heavy (non-hydrogen) atoms. The number of nitrogens with zero attached hydrogens (tertiary/aromatic N) is 3. The summed E-state index contributed by atoms with van der Waals surface area (Å²) < 4.78 is 16.0. The van der Waals surface area contributed by atoms with Crippen LogP contribution in [0.3, 0.4) is 0 Å². The highest BCUT2D eigenvalue weighted by molar-refractivity contribution is 5.77. The van der Waals surface area contributed by atoms with Gasteiger partial charge in [0.1, 0.15) is 11.5 Å². The van der Waals surface area contributed by atoms with Gasteiger partial charge in [-0.05, 0) is 36.8 Å². The molecule has 0 aliphatic heterocycles. The number of carbonyl (C=O) groups excluding carboxylic acids is 1. The fraction of sp³-hybridized carbons (Fsp3) is 0.250. The van der Waals surface area contributed by atoms with E-state index in [0.717, 1.165) is 11.1 Å². The molecule has 0 fully saturated rings. The molecule has 2 aromatic carbocycles. The number of rotatable bonds is 7. The lowest BCUT2D eigenvalue weighted by Crippen LogP contribution is -2.31. The summed E-state index contributed by atoms with van der Waals surface area (Å²) in [6.45, 7) is 2.11. The van der Waals surface area contributed by atoms with E-state index in [2.05, 4.69) is 10.1 Å². The molecule has 3 aromatic rings. The average Bonchev–Trinajstić information content (AvgIpc) is 3.14. The van der Waals surface area contributed by atoms with Gasteiger partial charge in [0.25, 0.3) is 5.91 Å². The van der Waals surface area contributed by atoms with Crippen molar-refractivity contribution in [2.45, 2.75) is 13.5 Å². The highest BCUT2D eigenvalue weighted by Crippen LogP contribution is 2.21. The minimum absolute atomic E-state index is 0.0587. The molecule has 0 spiro atoms. The van der Waals surface area contributed by atoms with Crippen LogP contribution in [-0.2, 0) is 11.3 Å². The van der Waals surface area contributed by atoms with Crippen LogP contribution in [-0.4, -0.2) is 41.7 Å². The molecule has 1 heterocycles. The largest absolute Gasteiger partial charge is 0.497 e. The van der Waals surface area contributed by atoms with Gasteiger partial charge >= 0.3 is 0 Å². The van der Waals surface area contributed by atoms with Crippen LogP contribution < -0.4 is 9.47 Å². The normalized spacial score (nSPS) is 10.5. The lowest BCUT2D eigenvalue weighted by molar-refractivity contribution is -0.132. The van der Waals surface area contributed by atoms with Gasteiger partial charge in [0.05, 0.1) is 13.7 Å². The maximum Gasteiger partial charge on any atom is 0.260 e. The molecule has 0 N–H and O–H groups in total. The van der Waals surface area contributed by atoms with Gasteiger partial charge in [0, 0.05) is 12.6 Å². The van der Waals surface area contributed by atoms with Gasteiger partial charge in [-0.3, -0.25) is 4.79 Å². The Labute approximate surface area is 157 Å². The van der Waals surface area contributed by atoms with Crippen molar-refractivity contribution >= 4 is 5.91 Å². The number of aryl methyl sites for hydroxylation is 1. The zero-order chi connectivity index (χ0) is 19.2. The van der Waals surface area contributed by atoms with Gasteiger partial charge in [0.15, 0.2) is 6.61 Å². The zero-order valence-corrected chi connectivity index (χ0v) is 15.5. The second-order valence-corrected chi connectivity index (χ2v) is 6.10. The molecule has 140 valence electrons. The fourth-order valence-corrected chi connectivity index (χ4v) is 2.45. The molecule has 1 aromatic heterocycles. The highest BCUT2D eigenvalue weighted by atomic mass is 16.5.